The van der Waals surface area contributed by atoms with Crippen LogP contribution in [0.4, 0.5) is 4.39 Å². The number of rotatable bonds is 1. The van der Waals surface area contributed by atoms with Gasteiger partial charge in [-0.1, -0.05) is 0 Å². The third-order valence-corrected chi connectivity index (χ3v) is 1.24. The van der Waals surface area contributed by atoms with Crippen molar-refractivity contribution in [2.75, 3.05) is 0 Å². The van der Waals surface area contributed by atoms with Crippen LogP contribution in [-0.4, -0.2) is 9.97 Å². The first-order valence-electron chi connectivity index (χ1n) is 2.85. The molecule has 1 rings (SSSR count). The van der Waals surface area contributed by atoms with Crippen LogP contribution in [0.5, 0.6) is 0 Å². The highest BCUT2D eigenvalue weighted by Gasteiger charge is 2.01. The molecule has 0 aliphatic carbocycles. The molecule has 54 valence electrons. The van der Waals surface area contributed by atoms with Crippen molar-refractivity contribution < 1.29 is 4.39 Å². The van der Waals surface area contributed by atoms with Crippen molar-refractivity contribution in [1.82, 2.24) is 9.97 Å². The number of thiol groups is 1. The summed E-state index contributed by atoms with van der Waals surface area (Å²) in [4.78, 5) is 7.43. The minimum Gasteiger partial charge on any atom is -0.237 e. The molecule has 0 aliphatic rings. The molecule has 0 saturated heterocycles. The topological polar surface area (TPSA) is 25.8 Å². The lowest BCUT2D eigenvalue weighted by Gasteiger charge is -1.99. The zero-order valence-corrected chi connectivity index (χ0v) is 6.35. The summed E-state index contributed by atoms with van der Waals surface area (Å²) in [6.45, 7) is 1.83. The normalized spacial score (nSPS) is 13.1. The van der Waals surface area contributed by atoms with Gasteiger partial charge in [-0.2, -0.15) is 12.6 Å². The monoisotopic (exact) mass is 158 g/mol. The summed E-state index contributed by atoms with van der Waals surface area (Å²) in [6.07, 6.45) is 2.27. The van der Waals surface area contributed by atoms with Crippen molar-refractivity contribution in [3.05, 3.63) is 24.0 Å². The minimum atomic E-state index is -0.419. The molecule has 2 nitrogen and oxygen atoms in total. The maximum absolute atomic E-state index is 12.2. The highest BCUT2D eigenvalue weighted by Crippen LogP contribution is 2.12. The van der Waals surface area contributed by atoms with Crippen molar-refractivity contribution in [2.24, 2.45) is 0 Å². The second-order valence-electron chi connectivity index (χ2n) is 1.94. The van der Waals surface area contributed by atoms with E-state index in [-0.39, 0.29) is 5.25 Å². The van der Waals surface area contributed by atoms with E-state index in [1.807, 2.05) is 6.92 Å². The van der Waals surface area contributed by atoms with Crippen LogP contribution in [-0.2, 0) is 0 Å². The van der Waals surface area contributed by atoms with Gasteiger partial charge in [0.2, 0.25) is 0 Å². The van der Waals surface area contributed by atoms with Crippen LogP contribution in [0, 0.1) is 5.82 Å². The molecule has 1 aromatic heterocycles. The van der Waals surface area contributed by atoms with E-state index >= 15 is 0 Å². The van der Waals surface area contributed by atoms with E-state index in [1.165, 1.54) is 0 Å². The fourth-order valence-electron chi connectivity index (χ4n) is 0.538. The van der Waals surface area contributed by atoms with Gasteiger partial charge in [0.05, 0.1) is 17.6 Å². The fourth-order valence-corrected chi connectivity index (χ4v) is 0.671. The van der Waals surface area contributed by atoms with Gasteiger partial charge in [-0.25, -0.2) is 14.4 Å². The van der Waals surface area contributed by atoms with Crippen LogP contribution in [0.25, 0.3) is 0 Å². The summed E-state index contributed by atoms with van der Waals surface area (Å²) >= 11 is 4.07. The predicted molar refractivity (Wildman–Crippen MR) is 39.4 cm³/mol. The molecule has 0 saturated carbocycles. The number of aromatic nitrogens is 2. The van der Waals surface area contributed by atoms with Crippen molar-refractivity contribution in [2.45, 2.75) is 12.2 Å². The Bertz CT molecular complexity index is 209. The van der Waals surface area contributed by atoms with E-state index in [2.05, 4.69) is 22.6 Å². The van der Waals surface area contributed by atoms with Gasteiger partial charge < -0.3 is 0 Å². The standard InChI is InChI=1S/C6H7FN2S/c1-4(10)6-8-2-5(7)3-9-6/h2-4,10H,1H3/t4-/m1/s1. The van der Waals surface area contributed by atoms with Crippen LogP contribution in [0.15, 0.2) is 12.4 Å². The number of hydrogen-bond acceptors (Lipinski definition) is 3. The Morgan fingerprint density at radius 3 is 2.40 bits per heavy atom. The summed E-state index contributed by atoms with van der Waals surface area (Å²) in [6, 6.07) is 0. The molecule has 0 amide bonds. The van der Waals surface area contributed by atoms with E-state index in [0.717, 1.165) is 12.4 Å². The first kappa shape index (κ1) is 7.47. The summed E-state index contributed by atoms with van der Waals surface area (Å²) in [5, 5.41) is -0.0411. The molecular weight excluding hydrogens is 151 g/mol. The van der Waals surface area contributed by atoms with Crippen LogP contribution in [0.3, 0.4) is 0 Å². The second kappa shape index (κ2) is 2.96. The van der Waals surface area contributed by atoms with Crippen LogP contribution < -0.4 is 0 Å². The fraction of sp³-hybridized carbons (Fsp3) is 0.333. The Balaban J connectivity index is 2.89. The van der Waals surface area contributed by atoms with E-state index in [4.69, 9.17) is 0 Å². The number of halogens is 1. The van der Waals surface area contributed by atoms with Gasteiger partial charge in [0.1, 0.15) is 5.82 Å². The Hall–Kier alpha value is -0.640. The summed E-state index contributed by atoms with van der Waals surface area (Å²) < 4.78 is 12.2. The molecule has 0 aromatic carbocycles. The lowest BCUT2D eigenvalue weighted by molar-refractivity contribution is 0.608. The molecular formula is C6H7FN2S. The Kier molecular flexibility index (Phi) is 2.21. The SMILES string of the molecule is C[C@@H](S)c1ncc(F)cn1. The van der Waals surface area contributed by atoms with Gasteiger partial charge in [-0.05, 0) is 6.92 Å². The Morgan fingerprint density at radius 2 is 2.00 bits per heavy atom. The zero-order valence-electron chi connectivity index (χ0n) is 5.45. The maximum atomic E-state index is 12.2. The van der Waals surface area contributed by atoms with E-state index < -0.39 is 5.82 Å². The van der Waals surface area contributed by atoms with Gasteiger partial charge in [0, 0.05) is 0 Å². The van der Waals surface area contributed by atoms with Crippen molar-refractivity contribution in [1.29, 1.82) is 0 Å². The maximum Gasteiger partial charge on any atom is 0.159 e. The van der Waals surface area contributed by atoms with Gasteiger partial charge in [0.15, 0.2) is 5.82 Å². The van der Waals surface area contributed by atoms with Gasteiger partial charge in [-0.3, -0.25) is 0 Å². The van der Waals surface area contributed by atoms with E-state index in [0.29, 0.717) is 5.82 Å². The van der Waals surface area contributed by atoms with Crippen LogP contribution in [0.2, 0.25) is 0 Å². The third-order valence-electron chi connectivity index (χ3n) is 1.01. The Labute approximate surface area is 63.9 Å². The minimum absolute atomic E-state index is 0.0411. The molecule has 0 bridgehead atoms. The molecule has 0 spiro atoms. The second-order valence-corrected chi connectivity index (χ2v) is 2.71. The average molecular weight is 158 g/mol. The van der Waals surface area contributed by atoms with E-state index in [1.54, 1.807) is 0 Å². The molecule has 10 heavy (non-hydrogen) atoms. The lowest BCUT2D eigenvalue weighted by atomic mass is 10.4. The first-order chi connectivity index (χ1) is 4.70. The number of nitrogens with zero attached hydrogens (tertiary/aromatic N) is 2. The van der Waals surface area contributed by atoms with Crippen molar-refractivity contribution in [3.8, 4) is 0 Å². The molecule has 1 heterocycles. The smallest absolute Gasteiger partial charge is 0.159 e. The summed E-state index contributed by atoms with van der Waals surface area (Å²) in [5.41, 5.74) is 0. The highest BCUT2D eigenvalue weighted by molar-refractivity contribution is 7.80. The zero-order chi connectivity index (χ0) is 7.56. The quantitative estimate of drug-likeness (QED) is 0.628. The molecule has 4 heteroatoms. The van der Waals surface area contributed by atoms with Crippen LogP contribution >= 0.6 is 12.6 Å². The van der Waals surface area contributed by atoms with Crippen molar-refractivity contribution >= 4 is 12.6 Å². The molecule has 0 N–H and O–H groups in total. The highest BCUT2D eigenvalue weighted by atomic mass is 32.1. The molecule has 0 unspecified atom stereocenters. The van der Waals surface area contributed by atoms with Crippen LogP contribution in [0.1, 0.15) is 18.0 Å². The van der Waals surface area contributed by atoms with Crippen molar-refractivity contribution in [3.63, 3.8) is 0 Å². The summed E-state index contributed by atoms with van der Waals surface area (Å²) in [5.74, 6) is 0.127. The molecule has 1 aromatic rings. The third kappa shape index (κ3) is 1.67. The number of hydrogen-bond donors (Lipinski definition) is 1. The average Bonchev–Trinajstić information content (AvgIpc) is 1.88. The summed E-state index contributed by atoms with van der Waals surface area (Å²) in [7, 11) is 0. The van der Waals surface area contributed by atoms with Gasteiger partial charge in [0.25, 0.3) is 0 Å². The molecule has 1 atom stereocenters. The molecule has 0 radical (unpaired) electrons. The largest absolute Gasteiger partial charge is 0.237 e. The first-order valence-corrected chi connectivity index (χ1v) is 3.37. The predicted octanol–water partition coefficient (Wildman–Crippen LogP) is 1.61. The molecule has 0 aliphatic heterocycles. The van der Waals surface area contributed by atoms with Gasteiger partial charge in [-0.15, -0.1) is 0 Å². The lowest BCUT2D eigenvalue weighted by Crippen LogP contribution is -1.94. The molecule has 0 fully saturated rings. The van der Waals surface area contributed by atoms with E-state index in [9.17, 15) is 4.39 Å². The van der Waals surface area contributed by atoms with Gasteiger partial charge >= 0.3 is 0 Å². The Morgan fingerprint density at radius 1 is 1.50 bits per heavy atom.